The molecule has 1 atom stereocenters. The van der Waals surface area contributed by atoms with Crippen molar-refractivity contribution in [3.05, 3.63) is 22.1 Å². The first-order valence-electron chi connectivity index (χ1n) is 6.02. The summed E-state index contributed by atoms with van der Waals surface area (Å²) in [5.41, 5.74) is 5.34. The van der Waals surface area contributed by atoms with E-state index in [1.165, 1.54) is 17.8 Å². The molecule has 0 saturated carbocycles. The number of ether oxygens (including phenoxy) is 1. The van der Waals surface area contributed by atoms with E-state index in [4.69, 9.17) is 10.5 Å². The fraction of sp³-hybridized carbons (Fsp3) is 0.583. The number of thioether (sulfide) groups is 1. The zero-order chi connectivity index (χ0) is 14.5. The fourth-order valence-electron chi connectivity index (χ4n) is 1.38. The van der Waals surface area contributed by atoms with Gasteiger partial charge in [-0.25, -0.2) is 4.98 Å². The molecule has 1 rings (SSSR count). The molecule has 0 aliphatic heterocycles. The van der Waals surface area contributed by atoms with Crippen LogP contribution in [-0.4, -0.2) is 33.8 Å². The Morgan fingerprint density at radius 1 is 1.63 bits per heavy atom. The Morgan fingerprint density at radius 3 is 2.89 bits per heavy atom. The lowest BCUT2D eigenvalue weighted by Crippen LogP contribution is -2.46. The number of hydrogen-bond donors (Lipinski definition) is 2. The van der Waals surface area contributed by atoms with Gasteiger partial charge in [0.2, 0.25) is 0 Å². The lowest BCUT2D eigenvalue weighted by Gasteiger charge is -2.21. The molecule has 0 fully saturated rings. The number of esters is 1. The molecule has 1 heterocycles. The summed E-state index contributed by atoms with van der Waals surface area (Å²) in [7, 11) is 0. The molecule has 0 bridgehead atoms. The van der Waals surface area contributed by atoms with Crippen molar-refractivity contribution in [2.75, 3.05) is 12.4 Å². The van der Waals surface area contributed by atoms with Crippen molar-refractivity contribution in [1.29, 1.82) is 0 Å². The largest absolute Gasteiger partial charge is 0.465 e. The van der Waals surface area contributed by atoms with Gasteiger partial charge in [0.25, 0.3) is 5.56 Å². The first kappa shape index (κ1) is 15.7. The van der Waals surface area contributed by atoms with Gasteiger partial charge in [0.15, 0.2) is 5.16 Å². The first-order chi connectivity index (χ1) is 8.85. The number of aryl methyl sites for hydroxylation is 1. The summed E-state index contributed by atoms with van der Waals surface area (Å²) >= 11 is 1.36. The Labute approximate surface area is 116 Å². The maximum absolute atomic E-state index is 11.6. The van der Waals surface area contributed by atoms with Crippen molar-refractivity contribution in [3.8, 4) is 0 Å². The molecule has 0 aromatic carbocycles. The molecule has 1 aromatic heterocycles. The van der Waals surface area contributed by atoms with Crippen LogP contribution in [0.4, 0.5) is 0 Å². The highest BCUT2D eigenvalue weighted by molar-refractivity contribution is 7.99. The van der Waals surface area contributed by atoms with Crippen molar-refractivity contribution in [3.63, 3.8) is 0 Å². The average molecular weight is 285 g/mol. The zero-order valence-corrected chi connectivity index (χ0v) is 12.2. The summed E-state index contributed by atoms with van der Waals surface area (Å²) < 4.78 is 4.90. The van der Waals surface area contributed by atoms with Crippen molar-refractivity contribution >= 4 is 17.7 Å². The highest BCUT2D eigenvalue weighted by atomic mass is 32.2. The molecule has 0 spiro atoms. The van der Waals surface area contributed by atoms with E-state index in [2.05, 4.69) is 9.97 Å². The van der Waals surface area contributed by atoms with E-state index in [0.29, 0.717) is 29.6 Å². The molecular weight excluding hydrogens is 266 g/mol. The normalized spacial score (nSPS) is 13.9. The van der Waals surface area contributed by atoms with Crippen molar-refractivity contribution in [2.24, 2.45) is 5.73 Å². The fourth-order valence-corrected chi connectivity index (χ4v) is 2.48. The van der Waals surface area contributed by atoms with Gasteiger partial charge in [0.05, 0.1) is 6.61 Å². The summed E-state index contributed by atoms with van der Waals surface area (Å²) in [6.07, 6.45) is 0.439. The monoisotopic (exact) mass is 285 g/mol. The van der Waals surface area contributed by atoms with Gasteiger partial charge in [0, 0.05) is 17.5 Å². The number of aromatic nitrogens is 2. The van der Waals surface area contributed by atoms with E-state index in [0.717, 1.165) is 0 Å². The van der Waals surface area contributed by atoms with E-state index in [9.17, 15) is 9.59 Å². The van der Waals surface area contributed by atoms with Crippen LogP contribution < -0.4 is 11.3 Å². The van der Waals surface area contributed by atoms with Crippen LogP contribution in [-0.2, 0) is 9.53 Å². The van der Waals surface area contributed by atoms with Gasteiger partial charge >= 0.3 is 5.97 Å². The first-order valence-corrected chi connectivity index (χ1v) is 7.00. The van der Waals surface area contributed by atoms with Gasteiger partial charge in [-0.05, 0) is 27.2 Å². The van der Waals surface area contributed by atoms with E-state index in [1.807, 2.05) is 0 Å². The molecule has 7 heteroatoms. The number of aromatic amines is 1. The Kier molecular flexibility index (Phi) is 5.56. The highest BCUT2D eigenvalue weighted by Gasteiger charge is 2.29. The molecule has 1 unspecified atom stereocenters. The van der Waals surface area contributed by atoms with Crippen LogP contribution in [0.3, 0.4) is 0 Å². The van der Waals surface area contributed by atoms with Crippen LogP contribution in [0.25, 0.3) is 0 Å². The smallest absolute Gasteiger partial charge is 0.325 e. The number of nitrogens with zero attached hydrogens (tertiary/aromatic N) is 1. The van der Waals surface area contributed by atoms with E-state index in [1.54, 1.807) is 20.8 Å². The summed E-state index contributed by atoms with van der Waals surface area (Å²) in [5.74, 6) is 0.152. The predicted octanol–water partition coefficient (Wildman–Crippen LogP) is 0.841. The molecule has 6 nitrogen and oxygen atoms in total. The van der Waals surface area contributed by atoms with Crippen LogP contribution in [0.15, 0.2) is 16.0 Å². The quantitative estimate of drug-likeness (QED) is 0.456. The average Bonchev–Trinajstić information content (AvgIpc) is 2.27. The zero-order valence-electron chi connectivity index (χ0n) is 11.4. The van der Waals surface area contributed by atoms with Gasteiger partial charge in [-0.1, -0.05) is 11.8 Å². The number of nitrogens with one attached hydrogen (secondary N) is 1. The number of carbonyl (C=O) groups excluding carboxylic acids is 1. The number of carbonyl (C=O) groups is 1. The van der Waals surface area contributed by atoms with Crippen molar-refractivity contribution in [1.82, 2.24) is 9.97 Å². The third-order valence-corrected chi connectivity index (χ3v) is 3.32. The minimum atomic E-state index is -1.02. The third kappa shape index (κ3) is 5.04. The molecule has 0 aliphatic rings. The van der Waals surface area contributed by atoms with Crippen molar-refractivity contribution in [2.45, 2.75) is 37.9 Å². The lowest BCUT2D eigenvalue weighted by atomic mass is 10.0. The topological polar surface area (TPSA) is 98.1 Å². The summed E-state index contributed by atoms with van der Waals surface area (Å²) in [6.45, 7) is 5.44. The van der Waals surface area contributed by atoms with Gasteiger partial charge in [-0.2, -0.15) is 0 Å². The second-order valence-electron chi connectivity index (χ2n) is 4.43. The van der Waals surface area contributed by atoms with Crippen LogP contribution in [0.5, 0.6) is 0 Å². The number of nitrogens with two attached hydrogens (primary N) is 1. The summed E-state index contributed by atoms with van der Waals surface area (Å²) in [4.78, 5) is 29.7. The maximum Gasteiger partial charge on any atom is 0.325 e. The number of rotatable bonds is 6. The molecule has 0 saturated heterocycles. The van der Waals surface area contributed by atoms with E-state index < -0.39 is 11.5 Å². The Morgan fingerprint density at radius 2 is 2.32 bits per heavy atom. The molecule has 0 radical (unpaired) electrons. The maximum atomic E-state index is 11.6. The van der Waals surface area contributed by atoms with Gasteiger partial charge < -0.3 is 15.5 Å². The van der Waals surface area contributed by atoms with Crippen molar-refractivity contribution < 1.29 is 9.53 Å². The van der Waals surface area contributed by atoms with E-state index in [-0.39, 0.29) is 5.56 Å². The Bertz CT molecular complexity index is 499. The number of hydrogen-bond acceptors (Lipinski definition) is 6. The van der Waals surface area contributed by atoms with Crippen LogP contribution >= 0.6 is 11.8 Å². The Balaban J connectivity index is 2.53. The summed E-state index contributed by atoms with van der Waals surface area (Å²) in [6, 6.07) is 1.43. The number of H-pyrrole nitrogens is 1. The lowest BCUT2D eigenvalue weighted by molar-refractivity contribution is -0.149. The molecule has 3 N–H and O–H groups in total. The predicted molar refractivity (Wildman–Crippen MR) is 74.2 cm³/mol. The van der Waals surface area contributed by atoms with Gasteiger partial charge in [-0.15, -0.1) is 0 Å². The minimum Gasteiger partial charge on any atom is -0.465 e. The summed E-state index contributed by atoms with van der Waals surface area (Å²) in [5, 5.41) is 0.532. The van der Waals surface area contributed by atoms with Crippen LogP contribution in [0.1, 0.15) is 26.0 Å². The molecular formula is C12H19N3O3S. The molecule has 106 valence electrons. The third-order valence-electron chi connectivity index (χ3n) is 2.45. The van der Waals surface area contributed by atoms with Crippen LogP contribution in [0, 0.1) is 6.92 Å². The SMILES string of the molecule is CCOC(=O)C(C)(N)CCSc1nc(C)cc(=O)[nH]1. The minimum absolute atomic E-state index is 0.184. The second kappa shape index (κ2) is 6.72. The molecule has 0 amide bonds. The van der Waals surface area contributed by atoms with Gasteiger partial charge in [-0.3, -0.25) is 9.59 Å². The highest BCUT2D eigenvalue weighted by Crippen LogP contribution is 2.17. The Hall–Kier alpha value is -1.34. The molecule has 0 aliphatic carbocycles. The molecule has 1 aromatic rings. The standard InChI is InChI=1S/C12H19N3O3S/c1-4-18-10(17)12(3,13)5-6-19-11-14-8(2)7-9(16)15-11/h7H,4-6,13H2,1-3H3,(H,14,15,16). The van der Waals surface area contributed by atoms with Crippen LogP contribution in [0.2, 0.25) is 0 Å². The second-order valence-corrected chi connectivity index (χ2v) is 5.51. The van der Waals surface area contributed by atoms with E-state index >= 15 is 0 Å². The molecule has 19 heavy (non-hydrogen) atoms. The van der Waals surface area contributed by atoms with Gasteiger partial charge in [0.1, 0.15) is 5.54 Å².